The van der Waals surface area contributed by atoms with E-state index in [9.17, 15) is 14.9 Å². The van der Waals surface area contributed by atoms with Crippen LogP contribution in [0.15, 0.2) is 23.8 Å². The van der Waals surface area contributed by atoms with E-state index >= 15 is 0 Å². The Bertz CT molecular complexity index is 375. The summed E-state index contributed by atoms with van der Waals surface area (Å²) in [5, 5.41) is 11.0. The molecule has 0 saturated heterocycles. The van der Waals surface area contributed by atoms with Gasteiger partial charge in [-0.15, -0.1) is 0 Å². The van der Waals surface area contributed by atoms with Gasteiger partial charge >= 0.3 is 11.5 Å². The van der Waals surface area contributed by atoms with Gasteiger partial charge in [-0.2, -0.15) is 0 Å². The predicted molar refractivity (Wildman–Crippen MR) is 62.0 cm³/mol. The van der Waals surface area contributed by atoms with Crippen LogP contribution in [0.1, 0.15) is 13.3 Å². The van der Waals surface area contributed by atoms with Crippen LogP contribution in [0, 0.1) is 10.1 Å². The lowest BCUT2D eigenvalue weighted by atomic mass is 9.88. The van der Waals surface area contributed by atoms with E-state index in [1.807, 2.05) is 6.92 Å². The molecule has 0 fully saturated rings. The van der Waals surface area contributed by atoms with Gasteiger partial charge in [-0.3, -0.25) is 10.1 Å². The van der Waals surface area contributed by atoms with Gasteiger partial charge in [0.25, 0.3) is 0 Å². The summed E-state index contributed by atoms with van der Waals surface area (Å²) in [7, 11) is 1.15. The SMILES string of the molecule is COC(=O)C1([N+](=O)[O-])C=CC(C(C)Br)=CC1. The van der Waals surface area contributed by atoms with Crippen LogP contribution in [-0.2, 0) is 9.53 Å². The number of rotatable bonds is 3. The maximum absolute atomic E-state index is 11.5. The van der Waals surface area contributed by atoms with Crippen molar-refractivity contribution < 1.29 is 14.5 Å². The topological polar surface area (TPSA) is 69.4 Å². The van der Waals surface area contributed by atoms with Crippen molar-refractivity contribution in [3.05, 3.63) is 33.9 Å². The first-order chi connectivity index (χ1) is 7.44. The third kappa shape index (κ3) is 2.16. The Morgan fingerprint density at radius 1 is 1.75 bits per heavy atom. The molecule has 0 heterocycles. The Labute approximate surface area is 101 Å². The van der Waals surface area contributed by atoms with Gasteiger partial charge in [0, 0.05) is 15.8 Å². The van der Waals surface area contributed by atoms with Crippen molar-refractivity contribution in [2.45, 2.75) is 23.7 Å². The number of methoxy groups -OCH3 is 1. The Morgan fingerprint density at radius 3 is 2.69 bits per heavy atom. The lowest BCUT2D eigenvalue weighted by molar-refractivity contribution is -0.540. The van der Waals surface area contributed by atoms with E-state index in [2.05, 4.69) is 20.7 Å². The maximum Gasteiger partial charge on any atom is 0.389 e. The van der Waals surface area contributed by atoms with E-state index in [0.717, 1.165) is 12.7 Å². The second-order valence-electron chi connectivity index (χ2n) is 3.53. The van der Waals surface area contributed by atoms with Gasteiger partial charge in [0.15, 0.2) is 0 Å². The number of hydrogen-bond acceptors (Lipinski definition) is 4. The van der Waals surface area contributed by atoms with E-state index in [4.69, 9.17) is 0 Å². The molecule has 5 nitrogen and oxygen atoms in total. The van der Waals surface area contributed by atoms with Crippen LogP contribution in [0.25, 0.3) is 0 Å². The fourth-order valence-electron chi connectivity index (χ4n) is 1.48. The van der Waals surface area contributed by atoms with Gasteiger partial charge in [0.2, 0.25) is 0 Å². The fraction of sp³-hybridized carbons (Fsp3) is 0.500. The lowest BCUT2D eigenvalue weighted by Gasteiger charge is -2.21. The summed E-state index contributed by atoms with van der Waals surface area (Å²) >= 11 is 3.36. The molecule has 1 aliphatic rings. The molecule has 88 valence electrons. The molecular weight excluding hydrogens is 278 g/mol. The zero-order valence-corrected chi connectivity index (χ0v) is 10.6. The number of carbonyl (C=O) groups excluding carboxylic acids is 1. The smallest absolute Gasteiger partial charge is 0.389 e. The normalized spacial score (nSPS) is 25.8. The van der Waals surface area contributed by atoms with Crippen LogP contribution in [0.2, 0.25) is 0 Å². The van der Waals surface area contributed by atoms with Gasteiger partial charge in [-0.05, 0) is 12.5 Å². The number of allylic oxidation sites excluding steroid dienone is 2. The summed E-state index contributed by atoms with van der Waals surface area (Å²) < 4.78 is 4.48. The highest BCUT2D eigenvalue weighted by Gasteiger charge is 2.50. The Balaban J connectivity index is 3.01. The van der Waals surface area contributed by atoms with Gasteiger partial charge in [0.1, 0.15) is 0 Å². The molecule has 0 saturated carbocycles. The molecule has 0 aromatic carbocycles. The summed E-state index contributed by atoms with van der Waals surface area (Å²) in [6, 6.07) is 0. The van der Waals surface area contributed by atoms with Crippen LogP contribution in [0.5, 0.6) is 0 Å². The minimum absolute atomic E-state index is 0.0223. The predicted octanol–water partition coefficient (Wildman–Crippen LogP) is 1.84. The molecule has 0 aliphatic heterocycles. The summed E-state index contributed by atoms with van der Waals surface area (Å²) in [5.74, 6) is -0.841. The van der Waals surface area contributed by atoms with Crippen molar-refractivity contribution in [1.29, 1.82) is 0 Å². The van der Waals surface area contributed by atoms with Gasteiger partial charge < -0.3 is 4.74 Å². The van der Waals surface area contributed by atoms with Crippen molar-refractivity contribution in [3.63, 3.8) is 0 Å². The van der Waals surface area contributed by atoms with Gasteiger partial charge in [-0.25, -0.2) is 4.79 Å². The monoisotopic (exact) mass is 289 g/mol. The highest BCUT2D eigenvalue weighted by Crippen LogP contribution is 2.28. The van der Waals surface area contributed by atoms with Crippen molar-refractivity contribution in [2.75, 3.05) is 7.11 Å². The second-order valence-corrected chi connectivity index (χ2v) is 4.90. The Morgan fingerprint density at radius 2 is 2.38 bits per heavy atom. The molecule has 6 heteroatoms. The molecule has 0 amide bonds. The largest absolute Gasteiger partial charge is 0.463 e. The number of nitro groups is 1. The van der Waals surface area contributed by atoms with Gasteiger partial charge in [-0.1, -0.05) is 28.1 Å². The molecule has 1 rings (SSSR count). The first-order valence-corrected chi connectivity index (χ1v) is 5.62. The summed E-state index contributed by atoms with van der Waals surface area (Å²) in [5.41, 5.74) is -0.846. The average molecular weight is 290 g/mol. The fourth-order valence-corrected chi connectivity index (χ4v) is 1.82. The third-order valence-electron chi connectivity index (χ3n) is 2.52. The lowest BCUT2D eigenvalue weighted by Crippen LogP contribution is -2.46. The van der Waals surface area contributed by atoms with Crippen molar-refractivity contribution >= 4 is 21.9 Å². The summed E-state index contributed by atoms with van der Waals surface area (Å²) in [4.78, 5) is 21.9. The van der Waals surface area contributed by atoms with Crippen molar-refractivity contribution in [2.24, 2.45) is 0 Å². The van der Waals surface area contributed by atoms with Crippen molar-refractivity contribution in [1.82, 2.24) is 0 Å². The van der Waals surface area contributed by atoms with E-state index in [1.165, 1.54) is 6.08 Å². The first kappa shape index (κ1) is 12.9. The molecule has 2 atom stereocenters. The first-order valence-electron chi connectivity index (χ1n) is 4.70. The minimum atomic E-state index is -1.76. The van der Waals surface area contributed by atoms with Crippen molar-refractivity contribution in [3.8, 4) is 0 Å². The van der Waals surface area contributed by atoms with Crippen LogP contribution < -0.4 is 0 Å². The van der Waals surface area contributed by atoms with Crippen LogP contribution in [0.3, 0.4) is 0 Å². The molecule has 0 radical (unpaired) electrons. The second kappa shape index (κ2) is 4.78. The number of esters is 1. The molecule has 0 bridgehead atoms. The van der Waals surface area contributed by atoms with Crippen LogP contribution in [-0.4, -0.2) is 28.4 Å². The quantitative estimate of drug-likeness (QED) is 0.344. The molecule has 2 unspecified atom stereocenters. The Kier molecular flexibility index (Phi) is 3.85. The summed E-state index contributed by atoms with van der Waals surface area (Å²) in [6.45, 7) is 1.91. The van der Waals surface area contributed by atoms with Gasteiger partial charge in [0.05, 0.1) is 13.5 Å². The number of nitrogens with zero attached hydrogens (tertiary/aromatic N) is 1. The molecule has 0 aromatic rings. The van der Waals surface area contributed by atoms with E-state index in [0.29, 0.717) is 0 Å². The third-order valence-corrected chi connectivity index (χ3v) is 3.05. The molecule has 16 heavy (non-hydrogen) atoms. The molecule has 0 spiro atoms. The minimum Gasteiger partial charge on any atom is -0.463 e. The average Bonchev–Trinajstić information content (AvgIpc) is 2.27. The zero-order valence-electron chi connectivity index (χ0n) is 8.97. The van der Waals surface area contributed by atoms with E-state index in [1.54, 1.807) is 12.2 Å². The van der Waals surface area contributed by atoms with E-state index in [-0.39, 0.29) is 11.2 Å². The molecule has 0 N–H and O–H groups in total. The van der Waals surface area contributed by atoms with E-state index < -0.39 is 16.4 Å². The maximum atomic E-state index is 11.5. The number of hydrogen-bond donors (Lipinski definition) is 0. The highest BCUT2D eigenvalue weighted by atomic mass is 79.9. The van der Waals surface area contributed by atoms with Crippen LogP contribution >= 0.6 is 15.9 Å². The number of alkyl halides is 1. The summed E-state index contributed by atoms with van der Waals surface area (Å²) in [6.07, 6.45) is 4.59. The number of ether oxygens (including phenoxy) is 1. The molecular formula is C10H12BrNO4. The molecule has 0 aromatic heterocycles. The molecule has 1 aliphatic carbocycles. The van der Waals surface area contributed by atoms with Crippen LogP contribution in [0.4, 0.5) is 0 Å². The zero-order chi connectivity index (χ0) is 12.3. The standard InChI is InChI=1S/C10H12BrNO4/c1-7(11)8-3-5-10(6-4-8,12(14)15)9(13)16-2/h3-5,7H,6H2,1-2H3. The highest BCUT2D eigenvalue weighted by molar-refractivity contribution is 9.09. The Hall–Kier alpha value is -1.17. The number of carbonyl (C=O) groups is 1. The number of halogens is 1.